The van der Waals surface area contributed by atoms with Crippen LogP contribution >= 0.6 is 11.3 Å². The van der Waals surface area contributed by atoms with E-state index < -0.39 is 26.0 Å². The first-order chi connectivity index (χ1) is 9.58. The number of methoxy groups -OCH3 is 1. The number of hydrogen-bond acceptors (Lipinski definition) is 7. The van der Waals surface area contributed by atoms with E-state index in [9.17, 15) is 21.6 Å². The monoisotopic (exact) mass is 356 g/mol. The van der Waals surface area contributed by atoms with E-state index >= 15 is 0 Å². The van der Waals surface area contributed by atoms with Gasteiger partial charge >= 0.3 is 5.97 Å². The minimum atomic E-state index is -3.93. The fraction of sp³-hybridized carbons (Fsp3) is 0.500. The fourth-order valence-electron chi connectivity index (χ4n) is 1.55. The highest BCUT2D eigenvalue weighted by Crippen LogP contribution is 2.27. The van der Waals surface area contributed by atoms with Crippen molar-refractivity contribution in [2.75, 3.05) is 19.4 Å². The summed E-state index contributed by atoms with van der Waals surface area (Å²) in [6, 6.07) is 0. The lowest BCUT2D eigenvalue weighted by Gasteiger charge is -2.08. The molecule has 0 amide bonds. The lowest BCUT2D eigenvalue weighted by Crippen LogP contribution is -2.28. The van der Waals surface area contributed by atoms with Gasteiger partial charge in [0, 0.05) is 6.54 Å². The second-order valence-electron chi connectivity index (χ2n) is 4.19. The highest BCUT2D eigenvalue weighted by Gasteiger charge is 2.27. The van der Waals surface area contributed by atoms with Crippen LogP contribution in [0.4, 0.5) is 0 Å². The average Bonchev–Trinajstić information content (AvgIpc) is 2.75. The summed E-state index contributed by atoms with van der Waals surface area (Å²) in [5, 5.41) is 6.35. The number of rotatable bonds is 7. The van der Waals surface area contributed by atoms with Crippen molar-refractivity contribution in [1.82, 2.24) is 4.72 Å². The topological polar surface area (TPSA) is 133 Å². The summed E-state index contributed by atoms with van der Waals surface area (Å²) >= 11 is 0.970. The van der Waals surface area contributed by atoms with Crippen LogP contribution in [0.1, 0.15) is 21.7 Å². The number of nitrogens with two attached hydrogens (primary N) is 1. The molecule has 0 atom stereocenters. The van der Waals surface area contributed by atoms with Gasteiger partial charge in [0.15, 0.2) is 0 Å². The Morgan fingerprint density at radius 1 is 1.38 bits per heavy atom. The van der Waals surface area contributed by atoms with Gasteiger partial charge < -0.3 is 4.74 Å². The Morgan fingerprint density at radius 2 is 2.00 bits per heavy atom. The van der Waals surface area contributed by atoms with E-state index in [0.717, 1.165) is 18.4 Å². The van der Waals surface area contributed by atoms with Crippen LogP contribution in [-0.2, 0) is 24.8 Å². The van der Waals surface area contributed by atoms with Crippen LogP contribution < -0.4 is 9.86 Å². The summed E-state index contributed by atoms with van der Waals surface area (Å²) in [4.78, 5) is 11.4. The molecule has 0 aliphatic heterocycles. The first kappa shape index (κ1) is 18.0. The van der Waals surface area contributed by atoms with Crippen LogP contribution in [-0.4, -0.2) is 42.2 Å². The van der Waals surface area contributed by atoms with E-state index in [-0.39, 0.29) is 28.5 Å². The maximum absolute atomic E-state index is 12.2. The van der Waals surface area contributed by atoms with Crippen LogP contribution in [0.5, 0.6) is 0 Å². The van der Waals surface area contributed by atoms with Gasteiger partial charge in [-0.2, -0.15) is 0 Å². The van der Waals surface area contributed by atoms with Gasteiger partial charge in [0.25, 0.3) is 0 Å². The summed E-state index contributed by atoms with van der Waals surface area (Å²) in [6.07, 6.45) is 0.0365. The van der Waals surface area contributed by atoms with E-state index in [4.69, 9.17) is 5.14 Å². The van der Waals surface area contributed by atoms with Crippen LogP contribution in [0.25, 0.3) is 0 Å². The molecule has 0 saturated heterocycles. The third-order valence-corrected chi connectivity index (χ3v) is 6.17. The van der Waals surface area contributed by atoms with Crippen molar-refractivity contribution in [1.29, 1.82) is 0 Å². The van der Waals surface area contributed by atoms with Crippen molar-refractivity contribution in [2.24, 2.45) is 5.14 Å². The molecule has 0 unspecified atom stereocenters. The molecule has 1 heterocycles. The fourth-order valence-corrected chi connectivity index (χ4v) is 4.88. The molecule has 120 valence electrons. The van der Waals surface area contributed by atoms with Crippen molar-refractivity contribution in [3.8, 4) is 0 Å². The Kier molecular flexibility index (Phi) is 5.87. The summed E-state index contributed by atoms with van der Waals surface area (Å²) in [6.45, 7) is 1.45. The molecule has 0 aromatic carbocycles. The summed E-state index contributed by atoms with van der Waals surface area (Å²) in [5.41, 5.74) is 0.416. The zero-order valence-corrected chi connectivity index (χ0v) is 13.9. The Morgan fingerprint density at radius 3 is 2.52 bits per heavy atom. The molecule has 0 radical (unpaired) electrons. The number of aryl methyl sites for hydroxylation is 1. The number of carbonyl (C=O) groups excluding carboxylic acids is 1. The molecule has 0 fully saturated rings. The molecule has 3 N–H and O–H groups in total. The van der Waals surface area contributed by atoms with Crippen LogP contribution in [0.15, 0.2) is 10.3 Å². The Labute approximate surface area is 127 Å². The first-order valence-electron chi connectivity index (χ1n) is 5.75. The van der Waals surface area contributed by atoms with Gasteiger partial charge in [-0.15, -0.1) is 11.3 Å². The number of thiophene rings is 1. The molecule has 0 aliphatic rings. The van der Waals surface area contributed by atoms with Gasteiger partial charge in [0.05, 0.1) is 12.9 Å². The van der Waals surface area contributed by atoms with Gasteiger partial charge in [-0.1, -0.05) is 0 Å². The SMILES string of the molecule is COC(=O)c1scc(C)c1S(=O)(=O)NCCCS(N)(=O)=O. The predicted octanol–water partition coefficient (Wildman–Crippen LogP) is -0.200. The number of sulfonamides is 2. The number of hydrogen-bond donors (Lipinski definition) is 2. The highest BCUT2D eigenvalue weighted by molar-refractivity contribution is 7.90. The number of carbonyl (C=O) groups is 1. The molecule has 11 heteroatoms. The second kappa shape index (κ2) is 6.83. The van der Waals surface area contributed by atoms with Crippen LogP contribution in [0.3, 0.4) is 0 Å². The van der Waals surface area contributed by atoms with E-state index in [1.54, 1.807) is 6.92 Å². The molecular weight excluding hydrogens is 340 g/mol. The normalized spacial score (nSPS) is 12.3. The van der Waals surface area contributed by atoms with Crippen molar-refractivity contribution >= 4 is 37.4 Å². The molecule has 0 spiro atoms. The molecule has 1 rings (SSSR count). The molecule has 1 aromatic rings. The van der Waals surface area contributed by atoms with E-state index in [1.165, 1.54) is 5.38 Å². The van der Waals surface area contributed by atoms with Gasteiger partial charge in [0.1, 0.15) is 9.77 Å². The zero-order valence-electron chi connectivity index (χ0n) is 11.5. The Bertz CT molecular complexity index is 720. The number of primary sulfonamides is 1. The molecule has 21 heavy (non-hydrogen) atoms. The van der Waals surface area contributed by atoms with Crippen molar-refractivity contribution in [3.63, 3.8) is 0 Å². The van der Waals surface area contributed by atoms with Crippen LogP contribution in [0, 0.1) is 6.92 Å². The van der Waals surface area contributed by atoms with E-state index in [0.29, 0.717) is 5.56 Å². The smallest absolute Gasteiger partial charge is 0.349 e. The molecule has 1 aromatic heterocycles. The molecule has 0 bridgehead atoms. The minimum Gasteiger partial charge on any atom is -0.465 e. The number of esters is 1. The second-order valence-corrected chi connectivity index (χ2v) is 8.50. The number of ether oxygens (including phenoxy) is 1. The molecular formula is C10H16N2O6S3. The maximum Gasteiger partial charge on any atom is 0.349 e. The Hall–Kier alpha value is -1.01. The van der Waals surface area contributed by atoms with Gasteiger partial charge in [0.2, 0.25) is 20.0 Å². The average molecular weight is 356 g/mol. The van der Waals surface area contributed by atoms with Crippen molar-refractivity contribution < 1.29 is 26.4 Å². The molecule has 0 saturated carbocycles. The predicted molar refractivity (Wildman–Crippen MR) is 78.2 cm³/mol. The van der Waals surface area contributed by atoms with Gasteiger partial charge in [-0.05, 0) is 24.3 Å². The summed E-state index contributed by atoms with van der Waals surface area (Å²) in [5.74, 6) is -1.07. The summed E-state index contributed by atoms with van der Waals surface area (Å²) in [7, 11) is -6.40. The van der Waals surface area contributed by atoms with Gasteiger partial charge in [-0.3, -0.25) is 0 Å². The third-order valence-electron chi connectivity index (χ3n) is 2.46. The Balaban J connectivity index is 2.89. The van der Waals surface area contributed by atoms with Crippen molar-refractivity contribution in [3.05, 3.63) is 15.8 Å². The lowest BCUT2D eigenvalue weighted by atomic mass is 10.3. The minimum absolute atomic E-state index is 0.0195. The number of nitrogens with one attached hydrogen (secondary N) is 1. The van der Waals surface area contributed by atoms with Crippen LogP contribution in [0.2, 0.25) is 0 Å². The third kappa shape index (κ3) is 5.04. The van der Waals surface area contributed by atoms with E-state index in [2.05, 4.69) is 9.46 Å². The molecule has 8 nitrogen and oxygen atoms in total. The standard InChI is InChI=1S/C10H16N2O6S3/c1-7-6-19-8(10(13)18-2)9(7)21(16,17)12-4-3-5-20(11,14)15/h6,12H,3-5H2,1-2H3,(H2,11,14,15). The lowest BCUT2D eigenvalue weighted by molar-refractivity contribution is 0.0602. The highest BCUT2D eigenvalue weighted by atomic mass is 32.2. The summed E-state index contributed by atoms with van der Waals surface area (Å²) < 4.78 is 52.7. The quantitative estimate of drug-likeness (QED) is 0.513. The van der Waals surface area contributed by atoms with E-state index in [1.807, 2.05) is 0 Å². The van der Waals surface area contributed by atoms with Gasteiger partial charge in [-0.25, -0.2) is 31.5 Å². The zero-order chi connectivity index (χ0) is 16.3. The largest absolute Gasteiger partial charge is 0.465 e. The maximum atomic E-state index is 12.2. The van der Waals surface area contributed by atoms with Crippen molar-refractivity contribution in [2.45, 2.75) is 18.2 Å². The first-order valence-corrected chi connectivity index (χ1v) is 9.83. The molecule has 0 aliphatic carbocycles.